The molecule has 5 heteroatoms. The summed E-state index contributed by atoms with van der Waals surface area (Å²) in [4.78, 5) is 14.5. The van der Waals surface area contributed by atoms with Gasteiger partial charge in [0.05, 0.1) is 20.6 Å². The van der Waals surface area contributed by atoms with Crippen molar-refractivity contribution in [1.82, 2.24) is 4.90 Å². The van der Waals surface area contributed by atoms with Gasteiger partial charge in [0.1, 0.15) is 0 Å². The van der Waals surface area contributed by atoms with E-state index in [1.54, 1.807) is 14.2 Å². The Bertz CT molecular complexity index is 760. The van der Waals surface area contributed by atoms with Crippen LogP contribution >= 0.6 is 11.6 Å². The molecule has 0 radical (unpaired) electrons. The number of ether oxygens (including phenoxy) is 2. The Morgan fingerprint density at radius 1 is 1.12 bits per heavy atom. The molecule has 0 saturated heterocycles. The maximum absolute atomic E-state index is 12.6. The van der Waals surface area contributed by atoms with Crippen molar-refractivity contribution >= 4 is 17.5 Å². The Kier molecular flexibility index (Phi) is 4.95. The lowest BCUT2D eigenvalue weighted by atomic mass is 9.98. The molecule has 3 rings (SSSR count). The van der Waals surface area contributed by atoms with Crippen molar-refractivity contribution in [1.29, 1.82) is 0 Å². The van der Waals surface area contributed by atoms with E-state index in [0.29, 0.717) is 30.3 Å². The SMILES string of the molecule is COc1cc2c(cc1OC)CN(C(=O)Cc1cccc(Cl)c1)CC2. The topological polar surface area (TPSA) is 38.8 Å². The molecule has 0 saturated carbocycles. The van der Waals surface area contributed by atoms with Crippen molar-refractivity contribution < 1.29 is 14.3 Å². The highest BCUT2D eigenvalue weighted by Crippen LogP contribution is 2.33. The van der Waals surface area contributed by atoms with Crippen molar-refractivity contribution in [3.8, 4) is 11.5 Å². The third kappa shape index (κ3) is 3.49. The summed E-state index contributed by atoms with van der Waals surface area (Å²) < 4.78 is 10.7. The Hall–Kier alpha value is -2.20. The molecule has 0 N–H and O–H groups in total. The minimum Gasteiger partial charge on any atom is -0.493 e. The minimum absolute atomic E-state index is 0.109. The number of methoxy groups -OCH3 is 2. The lowest BCUT2D eigenvalue weighted by Crippen LogP contribution is -2.36. The highest BCUT2D eigenvalue weighted by atomic mass is 35.5. The van der Waals surface area contributed by atoms with Crippen LogP contribution in [0.1, 0.15) is 16.7 Å². The first-order chi connectivity index (χ1) is 11.6. The smallest absolute Gasteiger partial charge is 0.227 e. The average molecular weight is 346 g/mol. The predicted molar refractivity (Wildman–Crippen MR) is 93.8 cm³/mol. The van der Waals surface area contributed by atoms with Crippen molar-refractivity contribution in [2.45, 2.75) is 19.4 Å². The van der Waals surface area contributed by atoms with Gasteiger partial charge in [-0.2, -0.15) is 0 Å². The molecule has 0 unspecified atom stereocenters. The number of nitrogens with zero attached hydrogens (tertiary/aromatic N) is 1. The zero-order valence-corrected chi connectivity index (χ0v) is 14.6. The molecule has 1 aliphatic rings. The largest absolute Gasteiger partial charge is 0.493 e. The van der Waals surface area contributed by atoms with Crippen LogP contribution in [0.5, 0.6) is 11.5 Å². The van der Waals surface area contributed by atoms with Crippen molar-refractivity contribution in [2.24, 2.45) is 0 Å². The zero-order chi connectivity index (χ0) is 17.1. The monoisotopic (exact) mass is 345 g/mol. The van der Waals surface area contributed by atoms with Gasteiger partial charge in [0.15, 0.2) is 11.5 Å². The highest BCUT2D eigenvalue weighted by molar-refractivity contribution is 6.30. The van der Waals surface area contributed by atoms with Gasteiger partial charge in [-0.15, -0.1) is 0 Å². The number of amides is 1. The van der Waals surface area contributed by atoms with Crippen molar-refractivity contribution in [2.75, 3.05) is 20.8 Å². The molecule has 0 bridgehead atoms. The maximum Gasteiger partial charge on any atom is 0.227 e. The van der Waals surface area contributed by atoms with Crippen molar-refractivity contribution in [3.63, 3.8) is 0 Å². The molecular formula is C19H20ClNO3. The van der Waals surface area contributed by atoms with E-state index in [2.05, 4.69) is 0 Å². The standard InChI is InChI=1S/C19H20ClNO3/c1-23-17-10-14-6-7-21(12-15(14)11-18(17)24-2)19(22)9-13-4-3-5-16(20)8-13/h3-5,8,10-11H,6-7,9,12H2,1-2H3. The highest BCUT2D eigenvalue weighted by Gasteiger charge is 2.22. The summed E-state index contributed by atoms with van der Waals surface area (Å²) >= 11 is 5.99. The molecule has 0 spiro atoms. The lowest BCUT2D eigenvalue weighted by molar-refractivity contribution is -0.131. The van der Waals surface area contributed by atoms with Crippen LogP contribution in [0.4, 0.5) is 0 Å². The van der Waals surface area contributed by atoms with E-state index >= 15 is 0 Å². The Labute approximate surface area is 146 Å². The van der Waals surface area contributed by atoms with Gasteiger partial charge in [-0.1, -0.05) is 23.7 Å². The molecule has 2 aromatic carbocycles. The number of carbonyl (C=O) groups is 1. The number of hydrogen-bond acceptors (Lipinski definition) is 3. The maximum atomic E-state index is 12.6. The molecule has 0 aromatic heterocycles. The van der Waals surface area contributed by atoms with Gasteiger partial charge >= 0.3 is 0 Å². The van der Waals surface area contributed by atoms with E-state index in [4.69, 9.17) is 21.1 Å². The van der Waals surface area contributed by atoms with E-state index in [1.807, 2.05) is 41.3 Å². The Balaban J connectivity index is 1.75. The fraction of sp³-hybridized carbons (Fsp3) is 0.316. The van der Waals surface area contributed by atoms with Crippen LogP contribution in [0.3, 0.4) is 0 Å². The van der Waals surface area contributed by atoms with E-state index in [0.717, 1.165) is 23.3 Å². The van der Waals surface area contributed by atoms with Crippen LogP contribution in [0.15, 0.2) is 36.4 Å². The third-order valence-electron chi connectivity index (χ3n) is 4.32. The minimum atomic E-state index is 0.109. The summed E-state index contributed by atoms with van der Waals surface area (Å²) in [6.45, 7) is 1.30. The van der Waals surface area contributed by atoms with Gasteiger partial charge < -0.3 is 14.4 Å². The number of hydrogen-bond donors (Lipinski definition) is 0. The normalized spacial score (nSPS) is 13.4. The third-order valence-corrected chi connectivity index (χ3v) is 4.55. The first-order valence-corrected chi connectivity index (χ1v) is 8.24. The fourth-order valence-electron chi connectivity index (χ4n) is 3.03. The second kappa shape index (κ2) is 7.14. The van der Waals surface area contributed by atoms with Crippen LogP contribution in [-0.2, 0) is 24.2 Å². The van der Waals surface area contributed by atoms with Crippen molar-refractivity contribution in [3.05, 3.63) is 58.1 Å². The average Bonchev–Trinajstić information content (AvgIpc) is 2.59. The Morgan fingerprint density at radius 2 is 1.83 bits per heavy atom. The summed E-state index contributed by atoms with van der Waals surface area (Å²) in [5.74, 6) is 1.54. The summed E-state index contributed by atoms with van der Waals surface area (Å²) in [6, 6.07) is 11.4. The molecule has 1 aliphatic heterocycles. The first kappa shape index (κ1) is 16.7. The van der Waals surface area contributed by atoms with Crippen LogP contribution in [-0.4, -0.2) is 31.6 Å². The number of halogens is 1. The molecule has 0 fully saturated rings. The van der Waals surface area contributed by atoms with Gasteiger partial charge in [-0.3, -0.25) is 4.79 Å². The zero-order valence-electron chi connectivity index (χ0n) is 13.8. The summed E-state index contributed by atoms with van der Waals surface area (Å²) in [7, 11) is 3.25. The van der Waals surface area contributed by atoms with Gasteiger partial charge in [0.25, 0.3) is 0 Å². The number of carbonyl (C=O) groups excluding carboxylic acids is 1. The molecule has 2 aromatic rings. The first-order valence-electron chi connectivity index (χ1n) is 7.86. The molecule has 1 heterocycles. The van der Waals surface area contributed by atoms with E-state index < -0.39 is 0 Å². The molecule has 126 valence electrons. The quantitative estimate of drug-likeness (QED) is 0.851. The summed E-state index contributed by atoms with van der Waals surface area (Å²) in [5.41, 5.74) is 3.25. The van der Waals surface area contributed by atoms with Gasteiger partial charge in [0.2, 0.25) is 5.91 Å². The van der Waals surface area contributed by atoms with Gasteiger partial charge in [-0.05, 0) is 47.4 Å². The molecule has 0 aliphatic carbocycles. The van der Waals surface area contributed by atoms with Crippen LogP contribution < -0.4 is 9.47 Å². The summed E-state index contributed by atoms with van der Waals surface area (Å²) in [6.07, 6.45) is 1.18. The second-order valence-corrected chi connectivity index (χ2v) is 6.28. The number of rotatable bonds is 4. The van der Waals surface area contributed by atoms with Crippen LogP contribution in [0, 0.1) is 0 Å². The predicted octanol–water partition coefficient (Wildman–Crippen LogP) is 3.48. The van der Waals surface area contributed by atoms with E-state index in [1.165, 1.54) is 5.56 Å². The lowest BCUT2D eigenvalue weighted by Gasteiger charge is -2.29. The fourth-order valence-corrected chi connectivity index (χ4v) is 3.24. The molecular weight excluding hydrogens is 326 g/mol. The number of fused-ring (bicyclic) bond motifs is 1. The van der Waals surface area contributed by atoms with Crippen LogP contribution in [0.2, 0.25) is 5.02 Å². The molecule has 0 atom stereocenters. The van der Waals surface area contributed by atoms with Crippen LogP contribution in [0.25, 0.3) is 0 Å². The molecule has 24 heavy (non-hydrogen) atoms. The van der Waals surface area contributed by atoms with E-state index in [-0.39, 0.29) is 5.91 Å². The van der Waals surface area contributed by atoms with E-state index in [9.17, 15) is 4.79 Å². The second-order valence-electron chi connectivity index (χ2n) is 5.85. The Morgan fingerprint density at radius 3 is 2.50 bits per heavy atom. The number of benzene rings is 2. The molecule has 1 amide bonds. The summed E-state index contributed by atoms with van der Waals surface area (Å²) in [5, 5.41) is 0.654. The van der Waals surface area contributed by atoms with Gasteiger partial charge in [-0.25, -0.2) is 0 Å². The molecule has 4 nitrogen and oxygen atoms in total. The van der Waals surface area contributed by atoms with Gasteiger partial charge in [0, 0.05) is 18.1 Å².